The van der Waals surface area contributed by atoms with E-state index >= 15 is 0 Å². The number of nitrogens with one attached hydrogen (secondary N) is 1. The lowest BCUT2D eigenvalue weighted by molar-refractivity contribution is -0.135. The number of likely N-dealkylation sites (tertiary alicyclic amines) is 1. The van der Waals surface area contributed by atoms with Gasteiger partial charge in [0.2, 0.25) is 5.91 Å². The number of carbonyl (C=O) groups is 1. The van der Waals surface area contributed by atoms with Crippen molar-refractivity contribution in [2.75, 3.05) is 19.6 Å². The van der Waals surface area contributed by atoms with Crippen LogP contribution in [0.3, 0.4) is 0 Å². The van der Waals surface area contributed by atoms with Crippen molar-refractivity contribution in [3.8, 4) is 0 Å². The lowest BCUT2D eigenvalue weighted by Crippen LogP contribution is -2.36. The topological polar surface area (TPSA) is 32.3 Å². The Labute approximate surface area is 134 Å². The summed E-state index contributed by atoms with van der Waals surface area (Å²) in [5.41, 5.74) is 1.26. The molecule has 5 heteroatoms. The van der Waals surface area contributed by atoms with Gasteiger partial charge in [0.05, 0.1) is 12.0 Å². The number of carbonyl (C=O) groups excluding carboxylic acids is 1. The quantitative estimate of drug-likeness (QED) is 0.880. The second kappa shape index (κ2) is 6.92. The fraction of sp³-hybridized carbons (Fsp3) is 0.533. The molecule has 0 saturated carbocycles. The fourth-order valence-electron chi connectivity index (χ4n) is 3.19. The van der Waals surface area contributed by atoms with E-state index in [0.717, 1.165) is 43.4 Å². The molecular weight excluding hydrogens is 340 g/mol. The molecule has 2 heterocycles. The van der Waals surface area contributed by atoms with E-state index in [1.807, 2.05) is 6.07 Å². The van der Waals surface area contributed by atoms with Crippen molar-refractivity contribution < 1.29 is 4.79 Å². The Balaban J connectivity index is 0.00000147. The SMILES string of the molecule is Cl.O=C(C1CCNC1)N1CCCC1c1cccc(Br)c1. The maximum Gasteiger partial charge on any atom is 0.227 e. The van der Waals surface area contributed by atoms with Gasteiger partial charge in [0.15, 0.2) is 0 Å². The third kappa shape index (κ3) is 3.18. The Kier molecular flexibility index (Phi) is 5.47. The Morgan fingerprint density at radius 1 is 1.35 bits per heavy atom. The molecule has 0 bridgehead atoms. The van der Waals surface area contributed by atoms with Crippen molar-refractivity contribution in [3.05, 3.63) is 34.3 Å². The Hall–Kier alpha value is -0.580. The number of benzene rings is 1. The zero-order valence-electron chi connectivity index (χ0n) is 11.3. The first kappa shape index (κ1) is 15.8. The standard InChI is InChI=1S/C15H19BrN2O.ClH/c16-13-4-1-3-11(9-13)14-5-2-8-18(14)15(19)12-6-7-17-10-12;/h1,3-4,9,12,14,17H,2,5-8,10H2;1H. The molecule has 1 aromatic carbocycles. The number of rotatable bonds is 2. The van der Waals surface area contributed by atoms with Gasteiger partial charge in [-0.2, -0.15) is 0 Å². The molecule has 2 aliphatic heterocycles. The van der Waals surface area contributed by atoms with E-state index in [1.54, 1.807) is 0 Å². The first-order valence-corrected chi connectivity index (χ1v) is 7.81. The summed E-state index contributed by atoms with van der Waals surface area (Å²) in [5, 5.41) is 3.29. The molecule has 2 fully saturated rings. The zero-order chi connectivity index (χ0) is 13.2. The maximum atomic E-state index is 12.6. The van der Waals surface area contributed by atoms with Crippen LogP contribution in [0.25, 0.3) is 0 Å². The minimum absolute atomic E-state index is 0. The summed E-state index contributed by atoms with van der Waals surface area (Å²) < 4.78 is 1.09. The van der Waals surface area contributed by atoms with Crippen molar-refractivity contribution >= 4 is 34.2 Å². The summed E-state index contributed by atoms with van der Waals surface area (Å²) >= 11 is 3.52. The van der Waals surface area contributed by atoms with Crippen LogP contribution in [0.5, 0.6) is 0 Å². The molecule has 0 spiro atoms. The second-order valence-electron chi connectivity index (χ2n) is 5.43. The number of hydrogen-bond acceptors (Lipinski definition) is 2. The zero-order valence-corrected chi connectivity index (χ0v) is 13.8. The lowest BCUT2D eigenvalue weighted by atomic mass is 10.0. The number of amides is 1. The largest absolute Gasteiger partial charge is 0.335 e. The minimum Gasteiger partial charge on any atom is -0.335 e. The molecule has 2 unspecified atom stereocenters. The van der Waals surface area contributed by atoms with Crippen LogP contribution in [-0.4, -0.2) is 30.4 Å². The number of halogens is 2. The van der Waals surface area contributed by atoms with Crippen molar-refractivity contribution in [2.24, 2.45) is 5.92 Å². The third-order valence-corrected chi connectivity index (χ3v) is 4.67. The van der Waals surface area contributed by atoms with Crippen LogP contribution >= 0.6 is 28.3 Å². The van der Waals surface area contributed by atoms with Gasteiger partial charge in [-0.15, -0.1) is 12.4 Å². The highest BCUT2D eigenvalue weighted by Crippen LogP contribution is 2.34. The summed E-state index contributed by atoms with van der Waals surface area (Å²) in [6, 6.07) is 8.63. The average molecular weight is 360 g/mol. The lowest BCUT2D eigenvalue weighted by Gasteiger charge is -2.27. The van der Waals surface area contributed by atoms with Gasteiger partial charge in [0.25, 0.3) is 0 Å². The van der Waals surface area contributed by atoms with Crippen LogP contribution in [0.4, 0.5) is 0 Å². The van der Waals surface area contributed by atoms with Crippen molar-refractivity contribution in [1.82, 2.24) is 10.2 Å². The van der Waals surface area contributed by atoms with Gasteiger partial charge in [0.1, 0.15) is 0 Å². The van der Waals surface area contributed by atoms with Crippen molar-refractivity contribution in [3.63, 3.8) is 0 Å². The Bertz CT molecular complexity index is 477. The van der Waals surface area contributed by atoms with E-state index in [0.29, 0.717) is 5.91 Å². The smallest absolute Gasteiger partial charge is 0.227 e. The van der Waals surface area contributed by atoms with E-state index in [4.69, 9.17) is 0 Å². The highest BCUT2D eigenvalue weighted by atomic mass is 79.9. The van der Waals surface area contributed by atoms with Crippen molar-refractivity contribution in [2.45, 2.75) is 25.3 Å². The molecule has 3 nitrogen and oxygen atoms in total. The van der Waals surface area contributed by atoms with Gasteiger partial charge in [-0.25, -0.2) is 0 Å². The molecule has 1 N–H and O–H groups in total. The molecule has 0 aliphatic carbocycles. The molecule has 3 rings (SSSR count). The molecular formula is C15H20BrClN2O. The van der Waals surface area contributed by atoms with Crippen LogP contribution < -0.4 is 5.32 Å². The van der Waals surface area contributed by atoms with E-state index < -0.39 is 0 Å². The number of nitrogens with zero attached hydrogens (tertiary/aromatic N) is 1. The highest BCUT2D eigenvalue weighted by Gasteiger charge is 2.34. The van der Waals surface area contributed by atoms with Gasteiger partial charge in [-0.05, 0) is 43.5 Å². The van der Waals surface area contributed by atoms with Crippen molar-refractivity contribution in [1.29, 1.82) is 0 Å². The molecule has 2 atom stereocenters. The normalized spacial score (nSPS) is 25.6. The second-order valence-corrected chi connectivity index (χ2v) is 6.35. The van der Waals surface area contributed by atoms with Gasteiger partial charge < -0.3 is 10.2 Å². The summed E-state index contributed by atoms with van der Waals surface area (Å²) in [4.78, 5) is 14.7. The summed E-state index contributed by atoms with van der Waals surface area (Å²) in [6.45, 7) is 2.73. The molecule has 1 amide bonds. The minimum atomic E-state index is 0. The molecule has 20 heavy (non-hydrogen) atoms. The predicted octanol–water partition coefficient (Wildman–Crippen LogP) is 3.14. The van der Waals surface area contributed by atoms with E-state index in [2.05, 4.69) is 44.3 Å². The Morgan fingerprint density at radius 2 is 2.20 bits per heavy atom. The van der Waals surface area contributed by atoms with Crippen LogP contribution in [0, 0.1) is 5.92 Å². The van der Waals surface area contributed by atoms with E-state index in [9.17, 15) is 4.79 Å². The third-order valence-electron chi connectivity index (χ3n) is 4.18. The highest BCUT2D eigenvalue weighted by molar-refractivity contribution is 9.10. The van der Waals surface area contributed by atoms with Gasteiger partial charge in [-0.3, -0.25) is 4.79 Å². The predicted molar refractivity (Wildman–Crippen MR) is 86.1 cm³/mol. The maximum absolute atomic E-state index is 12.6. The van der Waals surface area contributed by atoms with Crippen LogP contribution in [0.2, 0.25) is 0 Å². The van der Waals surface area contributed by atoms with E-state index in [-0.39, 0.29) is 24.4 Å². The van der Waals surface area contributed by atoms with Gasteiger partial charge in [-0.1, -0.05) is 28.1 Å². The summed E-state index contributed by atoms with van der Waals surface area (Å²) in [5.74, 6) is 0.528. The van der Waals surface area contributed by atoms with Gasteiger partial charge >= 0.3 is 0 Å². The fourth-order valence-corrected chi connectivity index (χ4v) is 3.61. The molecule has 2 saturated heterocycles. The summed E-state index contributed by atoms with van der Waals surface area (Å²) in [6.07, 6.45) is 3.19. The first-order valence-electron chi connectivity index (χ1n) is 7.02. The number of hydrogen-bond donors (Lipinski definition) is 1. The molecule has 0 radical (unpaired) electrons. The first-order chi connectivity index (χ1) is 9.25. The monoisotopic (exact) mass is 358 g/mol. The molecule has 1 aromatic rings. The molecule has 0 aromatic heterocycles. The average Bonchev–Trinajstić information content (AvgIpc) is 3.09. The van der Waals surface area contributed by atoms with Gasteiger partial charge in [0, 0.05) is 17.6 Å². The molecule has 2 aliphatic rings. The van der Waals surface area contributed by atoms with Crippen LogP contribution in [-0.2, 0) is 4.79 Å². The molecule has 110 valence electrons. The van der Waals surface area contributed by atoms with Crippen LogP contribution in [0.15, 0.2) is 28.7 Å². The van der Waals surface area contributed by atoms with Crippen LogP contribution in [0.1, 0.15) is 30.9 Å². The summed E-state index contributed by atoms with van der Waals surface area (Å²) in [7, 11) is 0. The Morgan fingerprint density at radius 3 is 2.90 bits per heavy atom. The van der Waals surface area contributed by atoms with E-state index in [1.165, 1.54) is 5.56 Å².